The minimum Gasteiger partial charge on any atom is -0.467 e. The van der Waals surface area contributed by atoms with E-state index in [0.29, 0.717) is 18.0 Å². The van der Waals surface area contributed by atoms with E-state index in [9.17, 15) is 33.5 Å². The zero-order valence-corrected chi connectivity index (χ0v) is 20.2. The van der Waals surface area contributed by atoms with Gasteiger partial charge in [0.15, 0.2) is 0 Å². The average molecular weight is 525 g/mol. The summed E-state index contributed by atoms with van der Waals surface area (Å²) >= 11 is 5.73. The lowest BCUT2D eigenvalue weighted by atomic mass is 9.97. The first kappa shape index (κ1) is 26.9. The number of methoxy groups -OCH3 is 1. The fourth-order valence-corrected chi connectivity index (χ4v) is 4.35. The van der Waals surface area contributed by atoms with Gasteiger partial charge in [0, 0.05) is 35.7 Å². The van der Waals surface area contributed by atoms with Gasteiger partial charge in [0.1, 0.15) is 17.9 Å². The Bertz CT molecular complexity index is 1080. The summed E-state index contributed by atoms with van der Waals surface area (Å²) < 4.78 is 18.9. The second-order valence-electron chi connectivity index (χ2n) is 8.34. The van der Waals surface area contributed by atoms with Crippen LogP contribution >= 0.6 is 11.6 Å². The van der Waals surface area contributed by atoms with Gasteiger partial charge in [-0.15, -0.1) is 0 Å². The number of hydrazine groups is 1. The minimum absolute atomic E-state index is 0.0106. The molecule has 0 radical (unpaired) electrons. The Morgan fingerprint density at radius 3 is 2.69 bits per heavy atom. The predicted molar refractivity (Wildman–Crippen MR) is 125 cm³/mol. The third kappa shape index (κ3) is 6.30. The third-order valence-electron chi connectivity index (χ3n) is 6.01. The van der Waals surface area contributed by atoms with E-state index >= 15 is 0 Å². The van der Waals surface area contributed by atoms with Crippen molar-refractivity contribution in [2.24, 2.45) is 5.92 Å². The van der Waals surface area contributed by atoms with Gasteiger partial charge in [0.2, 0.25) is 11.8 Å². The number of benzene rings is 1. The first-order valence-electron chi connectivity index (χ1n) is 11.2. The lowest BCUT2D eigenvalue weighted by molar-refractivity contribution is -0.159. The first-order chi connectivity index (χ1) is 17.1. The normalized spacial score (nSPS) is 20.7. The van der Waals surface area contributed by atoms with Gasteiger partial charge in [-0.1, -0.05) is 17.7 Å². The summed E-state index contributed by atoms with van der Waals surface area (Å²) in [7, 11) is 1.14. The maximum absolute atomic E-state index is 14.1. The van der Waals surface area contributed by atoms with Gasteiger partial charge in [0.05, 0.1) is 7.11 Å². The Kier molecular flexibility index (Phi) is 8.86. The van der Waals surface area contributed by atoms with E-state index in [1.807, 2.05) is 0 Å². The highest BCUT2D eigenvalue weighted by atomic mass is 35.5. The van der Waals surface area contributed by atoms with Crippen LogP contribution in [0.1, 0.15) is 31.2 Å². The van der Waals surface area contributed by atoms with Crippen molar-refractivity contribution in [3.8, 4) is 0 Å². The Balaban J connectivity index is 1.82. The Morgan fingerprint density at radius 2 is 2.08 bits per heavy atom. The maximum atomic E-state index is 14.1. The van der Waals surface area contributed by atoms with E-state index < -0.39 is 47.7 Å². The zero-order chi connectivity index (χ0) is 26.4. The van der Waals surface area contributed by atoms with Gasteiger partial charge < -0.3 is 20.5 Å². The van der Waals surface area contributed by atoms with Gasteiger partial charge in [-0.05, 0) is 43.9 Å². The first-order valence-corrected chi connectivity index (χ1v) is 11.6. The Morgan fingerprint density at radius 1 is 1.33 bits per heavy atom. The quantitative estimate of drug-likeness (QED) is 0.362. The van der Waals surface area contributed by atoms with Crippen LogP contribution in [0.2, 0.25) is 5.02 Å². The third-order valence-corrected chi connectivity index (χ3v) is 6.24. The molecule has 3 atom stereocenters. The van der Waals surface area contributed by atoms with Crippen molar-refractivity contribution in [3.63, 3.8) is 0 Å². The van der Waals surface area contributed by atoms with Crippen LogP contribution in [0.25, 0.3) is 6.08 Å². The summed E-state index contributed by atoms with van der Waals surface area (Å²) in [4.78, 5) is 62.3. The summed E-state index contributed by atoms with van der Waals surface area (Å²) in [6.45, 7) is 0.404. The van der Waals surface area contributed by atoms with Crippen LogP contribution in [-0.2, 0) is 23.9 Å². The van der Waals surface area contributed by atoms with Gasteiger partial charge in [-0.25, -0.2) is 24.0 Å². The summed E-state index contributed by atoms with van der Waals surface area (Å²) in [5.74, 6) is -3.88. The fourth-order valence-electron chi connectivity index (χ4n) is 4.19. The Hall–Kier alpha value is -3.67. The van der Waals surface area contributed by atoms with Crippen molar-refractivity contribution >= 4 is 47.5 Å². The second-order valence-corrected chi connectivity index (χ2v) is 8.78. The van der Waals surface area contributed by atoms with Crippen molar-refractivity contribution in [1.29, 1.82) is 0 Å². The number of esters is 1. The molecule has 2 aliphatic rings. The summed E-state index contributed by atoms with van der Waals surface area (Å²) in [6.07, 6.45) is 1.50. The van der Waals surface area contributed by atoms with Crippen LogP contribution in [0.5, 0.6) is 0 Å². The number of amides is 4. The number of rotatable bonds is 7. The van der Waals surface area contributed by atoms with Gasteiger partial charge >= 0.3 is 12.1 Å². The largest absolute Gasteiger partial charge is 0.467 e. The molecule has 0 saturated carbocycles. The number of nitrogens with zero attached hydrogens (tertiary/aromatic N) is 2. The number of halogens is 2. The number of carbonyl (C=O) groups is 5. The lowest BCUT2D eigenvalue weighted by Gasteiger charge is -2.41. The molecule has 0 aliphatic carbocycles. The summed E-state index contributed by atoms with van der Waals surface area (Å²) in [6, 6.07) is 1.38. The predicted octanol–water partition coefficient (Wildman–Crippen LogP) is 1.56. The van der Waals surface area contributed by atoms with Gasteiger partial charge in [0.25, 0.3) is 5.91 Å². The van der Waals surface area contributed by atoms with Gasteiger partial charge in [-0.2, -0.15) is 0 Å². The molecule has 13 heteroatoms. The molecular formula is C23H26ClFN4O7. The molecule has 4 amide bonds. The molecular weight excluding hydrogens is 499 g/mol. The highest BCUT2D eigenvalue weighted by molar-refractivity contribution is 6.30. The number of hydrogen-bond acceptors (Lipinski definition) is 6. The molecule has 2 fully saturated rings. The van der Waals surface area contributed by atoms with Crippen molar-refractivity contribution in [3.05, 3.63) is 40.7 Å². The van der Waals surface area contributed by atoms with Gasteiger partial charge in [-0.3, -0.25) is 14.4 Å². The highest BCUT2D eigenvalue weighted by Gasteiger charge is 2.41. The van der Waals surface area contributed by atoms with E-state index in [4.69, 9.17) is 16.3 Å². The molecule has 1 aromatic rings. The van der Waals surface area contributed by atoms with Crippen LogP contribution in [0, 0.1) is 11.7 Å². The van der Waals surface area contributed by atoms with Crippen molar-refractivity contribution in [1.82, 2.24) is 20.7 Å². The molecule has 0 bridgehead atoms. The summed E-state index contributed by atoms with van der Waals surface area (Å²) in [5.41, 5.74) is 0.0354. The molecule has 11 nitrogen and oxygen atoms in total. The second kappa shape index (κ2) is 11.8. The molecule has 2 saturated heterocycles. The number of hydrogen-bond donors (Lipinski definition) is 3. The van der Waals surface area contributed by atoms with Crippen LogP contribution < -0.4 is 10.6 Å². The maximum Gasteiger partial charge on any atom is 0.426 e. The Labute approximate surface area is 211 Å². The van der Waals surface area contributed by atoms with Crippen molar-refractivity contribution in [2.75, 3.05) is 20.2 Å². The van der Waals surface area contributed by atoms with E-state index in [-0.39, 0.29) is 42.3 Å². The molecule has 3 rings (SSSR count). The number of ether oxygens (including phenoxy) is 1. The smallest absolute Gasteiger partial charge is 0.426 e. The van der Waals surface area contributed by atoms with E-state index in [0.717, 1.165) is 30.3 Å². The van der Waals surface area contributed by atoms with Crippen molar-refractivity contribution < 1.29 is 38.2 Å². The number of carbonyl (C=O) groups excluding carboxylic acids is 4. The summed E-state index contributed by atoms with van der Waals surface area (Å²) in [5, 5.41) is 16.4. The molecule has 3 N–H and O–H groups in total. The van der Waals surface area contributed by atoms with E-state index in [1.165, 1.54) is 12.1 Å². The molecule has 2 heterocycles. The van der Waals surface area contributed by atoms with E-state index in [1.54, 1.807) is 0 Å². The van der Waals surface area contributed by atoms with Crippen LogP contribution in [0.4, 0.5) is 9.18 Å². The SMILES string of the molecule is COC(=O)C(CC1CCNC1=O)NC(=O)C1CCCN(C(=O)O)N1C(=O)/C=C/c1ccc(Cl)cc1F. The fraction of sp³-hybridized carbons (Fsp3) is 0.435. The molecule has 194 valence electrons. The molecule has 1 aromatic carbocycles. The topological polar surface area (TPSA) is 145 Å². The van der Waals surface area contributed by atoms with Crippen LogP contribution in [0.3, 0.4) is 0 Å². The van der Waals surface area contributed by atoms with Crippen molar-refractivity contribution in [2.45, 2.75) is 37.8 Å². The molecule has 3 unspecified atom stereocenters. The van der Waals surface area contributed by atoms with Crippen LogP contribution in [0.15, 0.2) is 24.3 Å². The van der Waals surface area contributed by atoms with E-state index in [2.05, 4.69) is 10.6 Å². The minimum atomic E-state index is -1.46. The standard InChI is InChI=1S/C23H26ClFN4O7/c1-36-22(33)17(11-14-8-9-26-20(14)31)27-21(32)18-3-2-10-28(23(34)35)29(18)19(30)7-5-13-4-6-15(24)12-16(13)25/h4-7,12,14,17-18H,2-3,8-11H2,1H3,(H,26,31)(H,27,32)(H,34,35)/b7-5+. The van der Waals surface area contributed by atoms with Crippen LogP contribution in [-0.4, -0.2) is 77.2 Å². The molecule has 2 aliphatic heterocycles. The molecule has 0 spiro atoms. The molecule has 0 aromatic heterocycles. The number of nitrogens with one attached hydrogen (secondary N) is 2. The highest BCUT2D eigenvalue weighted by Crippen LogP contribution is 2.22. The zero-order valence-electron chi connectivity index (χ0n) is 19.4. The monoisotopic (exact) mass is 524 g/mol. The lowest BCUT2D eigenvalue weighted by Crippen LogP contribution is -2.62. The molecule has 36 heavy (non-hydrogen) atoms. The average Bonchev–Trinajstić information content (AvgIpc) is 3.25. The number of carboxylic acid groups (broad SMARTS) is 1.